The molecule has 0 amide bonds. The molecule has 0 aliphatic heterocycles. The lowest BCUT2D eigenvalue weighted by molar-refractivity contribution is -0.254. The van der Waals surface area contributed by atoms with Crippen molar-refractivity contribution in [1.29, 1.82) is 0 Å². The summed E-state index contributed by atoms with van der Waals surface area (Å²) in [6.07, 6.45) is 0. The molecule has 0 saturated heterocycles. The first-order valence-electron chi connectivity index (χ1n) is 3.57. The van der Waals surface area contributed by atoms with Crippen molar-refractivity contribution in [2.75, 3.05) is 11.9 Å². The molecule has 66 valence electrons. The second-order valence-electron chi connectivity index (χ2n) is 2.25. The van der Waals surface area contributed by atoms with Gasteiger partial charge >= 0.3 is 0 Å². The van der Waals surface area contributed by atoms with Crippen LogP contribution >= 0.6 is 11.3 Å². The van der Waals surface area contributed by atoms with Crippen LogP contribution in [0.1, 0.15) is 22.3 Å². The molecule has 1 N–H and O–H groups in total. The number of carbonyl (C=O) groups is 1. The molecule has 0 fully saturated rings. The molecular weight excluding hydrogens is 176 g/mol. The summed E-state index contributed by atoms with van der Waals surface area (Å²) in [4.78, 5) is 14.7. The monoisotopic (exact) mass is 185 g/mol. The number of aryl methyl sites for hydroxylation is 1. The van der Waals surface area contributed by atoms with Crippen LogP contribution in [0.4, 0.5) is 5.13 Å². The molecule has 1 rings (SSSR count). The Balaban J connectivity index is 2.92. The number of hydrogen-bond donors (Lipinski definition) is 1. The van der Waals surface area contributed by atoms with Gasteiger partial charge < -0.3 is 15.2 Å². The second kappa shape index (κ2) is 3.53. The Morgan fingerprint density at radius 2 is 2.42 bits per heavy atom. The smallest absolute Gasteiger partial charge is 0.183 e. The third-order valence-corrected chi connectivity index (χ3v) is 2.41. The molecule has 5 heteroatoms. The Hall–Kier alpha value is -1.10. The number of rotatable bonds is 3. The number of hydrogen-bond acceptors (Lipinski definition) is 5. The van der Waals surface area contributed by atoms with Crippen LogP contribution in [0.15, 0.2) is 0 Å². The molecule has 0 aliphatic rings. The van der Waals surface area contributed by atoms with Crippen LogP contribution in [0.3, 0.4) is 0 Å². The van der Waals surface area contributed by atoms with Crippen molar-refractivity contribution in [3.8, 4) is 0 Å². The summed E-state index contributed by atoms with van der Waals surface area (Å²) >= 11 is 1.11. The van der Waals surface area contributed by atoms with Gasteiger partial charge in [-0.15, -0.1) is 0 Å². The maximum Gasteiger partial charge on any atom is 0.183 e. The van der Waals surface area contributed by atoms with E-state index in [0.29, 0.717) is 10.8 Å². The highest BCUT2D eigenvalue weighted by Gasteiger charge is 2.06. The van der Waals surface area contributed by atoms with Gasteiger partial charge in [0.25, 0.3) is 0 Å². The minimum Gasteiger partial charge on any atom is -0.544 e. The predicted molar refractivity (Wildman–Crippen MR) is 45.3 cm³/mol. The zero-order valence-corrected chi connectivity index (χ0v) is 7.70. The van der Waals surface area contributed by atoms with E-state index in [-0.39, 0.29) is 4.88 Å². The van der Waals surface area contributed by atoms with Gasteiger partial charge in [0, 0.05) is 6.54 Å². The Kier molecular flexibility index (Phi) is 2.65. The third-order valence-electron chi connectivity index (χ3n) is 1.31. The summed E-state index contributed by atoms with van der Waals surface area (Å²) in [5.74, 6) is -1.16. The maximum atomic E-state index is 10.5. The SMILES string of the molecule is CCNc1nc(C)c(C(=O)[O-])s1. The zero-order valence-electron chi connectivity index (χ0n) is 6.88. The second-order valence-corrected chi connectivity index (χ2v) is 3.25. The van der Waals surface area contributed by atoms with E-state index in [0.717, 1.165) is 17.9 Å². The number of aromatic carboxylic acids is 1. The van der Waals surface area contributed by atoms with E-state index >= 15 is 0 Å². The van der Waals surface area contributed by atoms with Crippen molar-refractivity contribution >= 4 is 22.4 Å². The van der Waals surface area contributed by atoms with E-state index in [1.165, 1.54) is 0 Å². The first-order chi connectivity index (χ1) is 5.65. The number of nitrogens with zero attached hydrogens (tertiary/aromatic N) is 1. The highest BCUT2D eigenvalue weighted by Crippen LogP contribution is 2.21. The van der Waals surface area contributed by atoms with Gasteiger partial charge in [0.05, 0.1) is 16.5 Å². The summed E-state index contributed by atoms with van der Waals surface area (Å²) in [7, 11) is 0. The van der Waals surface area contributed by atoms with Crippen molar-refractivity contribution in [1.82, 2.24) is 4.98 Å². The predicted octanol–water partition coefficient (Wildman–Crippen LogP) is 0.247. The summed E-state index contributed by atoms with van der Waals surface area (Å²) in [6, 6.07) is 0. The lowest BCUT2D eigenvalue weighted by Gasteiger charge is -1.95. The molecule has 0 saturated carbocycles. The number of aromatic nitrogens is 1. The van der Waals surface area contributed by atoms with Crippen molar-refractivity contribution < 1.29 is 9.90 Å². The van der Waals surface area contributed by atoms with Crippen LogP contribution in [0.2, 0.25) is 0 Å². The quantitative estimate of drug-likeness (QED) is 0.733. The third kappa shape index (κ3) is 1.73. The summed E-state index contributed by atoms with van der Waals surface area (Å²) in [5.41, 5.74) is 0.510. The van der Waals surface area contributed by atoms with Crippen LogP contribution in [0.25, 0.3) is 0 Å². The van der Waals surface area contributed by atoms with E-state index in [2.05, 4.69) is 10.3 Å². The molecule has 1 heterocycles. The maximum absolute atomic E-state index is 10.5. The van der Waals surface area contributed by atoms with Crippen LogP contribution < -0.4 is 10.4 Å². The van der Waals surface area contributed by atoms with Crippen molar-refractivity contribution in [3.05, 3.63) is 10.6 Å². The Labute approximate surface area is 74.3 Å². The van der Waals surface area contributed by atoms with Crippen LogP contribution in [0, 0.1) is 6.92 Å². The molecule has 0 radical (unpaired) electrons. The average Bonchev–Trinajstić information content (AvgIpc) is 2.32. The molecule has 0 bridgehead atoms. The van der Waals surface area contributed by atoms with E-state index in [9.17, 15) is 9.90 Å². The number of nitrogens with one attached hydrogen (secondary N) is 1. The Bertz CT molecular complexity index is 296. The number of anilines is 1. The van der Waals surface area contributed by atoms with Crippen LogP contribution in [-0.4, -0.2) is 17.5 Å². The molecule has 4 nitrogen and oxygen atoms in total. The van der Waals surface area contributed by atoms with E-state index < -0.39 is 5.97 Å². The summed E-state index contributed by atoms with van der Waals surface area (Å²) in [6.45, 7) is 4.32. The van der Waals surface area contributed by atoms with Gasteiger partial charge in [-0.3, -0.25) is 0 Å². The normalized spacial score (nSPS) is 9.83. The van der Waals surface area contributed by atoms with Gasteiger partial charge in [0.15, 0.2) is 5.13 Å². The van der Waals surface area contributed by atoms with Gasteiger partial charge in [-0.2, -0.15) is 0 Å². The number of thiazole rings is 1. The highest BCUT2D eigenvalue weighted by atomic mass is 32.1. The van der Waals surface area contributed by atoms with E-state index in [4.69, 9.17) is 0 Å². The molecule has 0 unspecified atom stereocenters. The lowest BCUT2D eigenvalue weighted by atomic mass is 10.4. The van der Waals surface area contributed by atoms with Gasteiger partial charge in [0.2, 0.25) is 0 Å². The van der Waals surface area contributed by atoms with Gasteiger partial charge in [-0.05, 0) is 13.8 Å². The van der Waals surface area contributed by atoms with Crippen molar-refractivity contribution in [3.63, 3.8) is 0 Å². The van der Waals surface area contributed by atoms with Crippen molar-refractivity contribution in [2.45, 2.75) is 13.8 Å². The first-order valence-corrected chi connectivity index (χ1v) is 4.39. The summed E-state index contributed by atoms with van der Waals surface area (Å²) < 4.78 is 0. The molecule has 0 atom stereocenters. The van der Waals surface area contributed by atoms with Gasteiger partial charge in [-0.1, -0.05) is 11.3 Å². The minimum absolute atomic E-state index is 0.200. The fourth-order valence-electron chi connectivity index (χ4n) is 0.813. The number of carbonyl (C=O) groups excluding carboxylic acids is 1. The van der Waals surface area contributed by atoms with Crippen LogP contribution in [-0.2, 0) is 0 Å². The van der Waals surface area contributed by atoms with Crippen LogP contribution in [0.5, 0.6) is 0 Å². The molecular formula is C7H9N2O2S-. The minimum atomic E-state index is -1.16. The Morgan fingerprint density at radius 1 is 1.75 bits per heavy atom. The highest BCUT2D eigenvalue weighted by molar-refractivity contribution is 7.17. The molecule has 0 aromatic carbocycles. The van der Waals surface area contributed by atoms with E-state index in [1.54, 1.807) is 6.92 Å². The fourth-order valence-corrected chi connectivity index (χ4v) is 1.68. The topological polar surface area (TPSA) is 65.0 Å². The largest absolute Gasteiger partial charge is 0.544 e. The Morgan fingerprint density at radius 3 is 2.83 bits per heavy atom. The number of carboxylic acids is 1. The van der Waals surface area contributed by atoms with Gasteiger partial charge in [-0.25, -0.2) is 4.98 Å². The number of carboxylic acid groups (broad SMARTS) is 1. The fraction of sp³-hybridized carbons (Fsp3) is 0.429. The molecule has 12 heavy (non-hydrogen) atoms. The molecule has 1 aromatic rings. The lowest BCUT2D eigenvalue weighted by Crippen LogP contribution is -2.21. The summed E-state index contributed by atoms with van der Waals surface area (Å²) in [5, 5.41) is 14.0. The van der Waals surface area contributed by atoms with Gasteiger partial charge in [0.1, 0.15) is 0 Å². The molecule has 0 spiro atoms. The van der Waals surface area contributed by atoms with E-state index in [1.807, 2.05) is 6.92 Å². The first kappa shape index (κ1) is 8.99. The standard InChI is InChI=1S/C7H10N2O2S/c1-3-8-7-9-4(2)5(12-7)6(10)11/h3H2,1-2H3,(H,8,9)(H,10,11)/p-1. The molecule has 1 aromatic heterocycles. The average molecular weight is 185 g/mol. The zero-order chi connectivity index (χ0) is 9.14. The molecule has 0 aliphatic carbocycles. The van der Waals surface area contributed by atoms with Crippen molar-refractivity contribution in [2.24, 2.45) is 0 Å².